The maximum absolute atomic E-state index is 3.38. The summed E-state index contributed by atoms with van der Waals surface area (Å²) >= 11 is 0. The Morgan fingerprint density at radius 2 is 1.64 bits per heavy atom. The average Bonchev–Trinajstić information content (AvgIpc) is 2.15. The van der Waals surface area contributed by atoms with Crippen LogP contribution < -0.4 is 5.32 Å². The molecule has 0 aliphatic heterocycles. The molecule has 0 aliphatic carbocycles. The zero-order valence-corrected chi connectivity index (χ0v) is 10.7. The highest BCUT2D eigenvalue weighted by Gasteiger charge is 1.92. The summed E-state index contributed by atoms with van der Waals surface area (Å²) in [7, 11) is 0. The fourth-order valence-corrected chi connectivity index (χ4v) is 1.01. The Labute approximate surface area is 97.0 Å². The lowest BCUT2D eigenvalue weighted by Gasteiger charge is -2.07. The molecule has 0 unspecified atom stereocenters. The van der Waals surface area contributed by atoms with Crippen LogP contribution in [0.3, 0.4) is 0 Å². The average molecular weight is 256 g/mol. The zero-order chi connectivity index (χ0) is 9.68. The third-order valence-electron chi connectivity index (χ3n) is 2.15. The molecule has 0 aromatic heterocycles. The fourth-order valence-electron chi connectivity index (χ4n) is 1.01. The second-order valence-electron chi connectivity index (χ2n) is 3.46. The zero-order valence-electron chi connectivity index (χ0n) is 9.00. The van der Waals surface area contributed by atoms with Crippen molar-refractivity contribution in [1.82, 2.24) is 5.32 Å². The summed E-state index contributed by atoms with van der Waals surface area (Å²) in [4.78, 5) is 0. The number of allylic oxidation sites excluding steroid dienone is 2. The molecule has 0 amide bonds. The molecular weight excluding hydrogens is 238 g/mol. The van der Waals surface area contributed by atoms with Crippen molar-refractivity contribution in [2.24, 2.45) is 0 Å². The van der Waals surface area contributed by atoms with Crippen LogP contribution in [0, 0.1) is 0 Å². The van der Waals surface area contributed by atoms with Gasteiger partial charge in [0.05, 0.1) is 0 Å². The van der Waals surface area contributed by atoms with E-state index < -0.39 is 0 Å². The molecule has 0 saturated carbocycles. The van der Waals surface area contributed by atoms with E-state index in [1.165, 1.54) is 16.8 Å². The van der Waals surface area contributed by atoms with E-state index in [4.69, 9.17) is 0 Å². The summed E-state index contributed by atoms with van der Waals surface area (Å²) in [5.74, 6) is 0. The number of hydrogen-bond donors (Lipinski definition) is 1. The SMILES string of the molecule is Br.CC(C)=C(C)NCc1ccccc1. The first-order chi connectivity index (χ1) is 6.20. The highest BCUT2D eigenvalue weighted by atomic mass is 79.9. The molecule has 0 spiro atoms. The lowest BCUT2D eigenvalue weighted by atomic mass is 10.2. The molecule has 14 heavy (non-hydrogen) atoms. The number of rotatable bonds is 3. The van der Waals surface area contributed by atoms with Gasteiger partial charge in [0.25, 0.3) is 0 Å². The van der Waals surface area contributed by atoms with Crippen LogP contribution in [0.4, 0.5) is 0 Å². The first-order valence-corrected chi connectivity index (χ1v) is 4.62. The van der Waals surface area contributed by atoms with E-state index in [9.17, 15) is 0 Å². The summed E-state index contributed by atoms with van der Waals surface area (Å²) < 4.78 is 0. The van der Waals surface area contributed by atoms with Gasteiger partial charge < -0.3 is 5.32 Å². The van der Waals surface area contributed by atoms with Gasteiger partial charge in [-0.2, -0.15) is 0 Å². The highest BCUT2D eigenvalue weighted by Crippen LogP contribution is 2.01. The molecular formula is C12H18BrN. The minimum Gasteiger partial charge on any atom is -0.385 e. The second kappa shape index (κ2) is 6.66. The number of nitrogens with one attached hydrogen (secondary N) is 1. The first kappa shape index (κ1) is 13.2. The molecule has 78 valence electrons. The molecule has 0 saturated heterocycles. The van der Waals surface area contributed by atoms with Crippen LogP contribution in [0.5, 0.6) is 0 Å². The summed E-state index contributed by atoms with van der Waals surface area (Å²) in [5.41, 5.74) is 3.93. The van der Waals surface area contributed by atoms with Crippen molar-refractivity contribution in [3.63, 3.8) is 0 Å². The Morgan fingerprint density at radius 3 is 2.14 bits per heavy atom. The molecule has 0 aliphatic rings. The Balaban J connectivity index is 0.00000169. The van der Waals surface area contributed by atoms with Crippen LogP contribution in [-0.2, 0) is 6.54 Å². The van der Waals surface area contributed by atoms with E-state index in [0.717, 1.165) is 6.54 Å². The van der Waals surface area contributed by atoms with Crippen LogP contribution in [0.2, 0.25) is 0 Å². The molecule has 0 radical (unpaired) electrons. The van der Waals surface area contributed by atoms with E-state index in [1.807, 2.05) is 6.07 Å². The van der Waals surface area contributed by atoms with Crippen LogP contribution >= 0.6 is 17.0 Å². The molecule has 1 N–H and O–H groups in total. The Morgan fingerprint density at radius 1 is 1.07 bits per heavy atom. The molecule has 0 heterocycles. The summed E-state index contributed by atoms with van der Waals surface area (Å²) in [6.45, 7) is 7.26. The monoisotopic (exact) mass is 255 g/mol. The molecule has 1 aromatic carbocycles. The molecule has 0 atom stereocenters. The second-order valence-corrected chi connectivity index (χ2v) is 3.46. The minimum absolute atomic E-state index is 0. The standard InChI is InChI=1S/C12H17N.BrH/c1-10(2)11(3)13-9-12-7-5-4-6-8-12;/h4-8,13H,9H2,1-3H3;1H. The first-order valence-electron chi connectivity index (χ1n) is 4.62. The van der Waals surface area contributed by atoms with Gasteiger partial charge in [-0.15, -0.1) is 17.0 Å². The van der Waals surface area contributed by atoms with Gasteiger partial charge in [0.2, 0.25) is 0 Å². The van der Waals surface area contributed by atoms with Gasteiger partial charge in [0.15, 0.2) is 0 Å². The van der Waals surface area contributed by atoms with Crippen molar-refractivity contribution < 1.29 is 0 Å². The quantitative estimate of drug-likeness (QED) is 0.870. The molecule has 0 fully saturated rings. The molecule has 1 nitrogen and oxygen atoms in total. The molecule has 1 aromatic rings. The summed E-state index contributed by atoms with van der Waals surface area (Å²) in [5, 5.41) is 3.38. The van der Waals surface area contributed by atoms with Crippen molar-refractivity contribution >= 4 is 17.0 Å². The minimum atomic E-state index is 0. The smallest absolute Gasteiger partial charge is 0.0397 e. The van der Waals surface area contributed by atoms with E-state index in [2.05, 4.69) is 50.4 Å². The van der Waals surface area contributed by atoms with Gasteiger partial charge in [-0.1, -0.05) is 35.9 Å². The number of hydrogen-bond acceptors (Lipinski definition) is 1. The lowest BCUT2D eigenvalue weighted by Crippen LogP contribution is -2.11. The van der Waals surface area contributed by atoms with E-state index >= 15 is 0 Å². The Hall–Kier alpha value is -0.760. The third kappa shape index (κ3) is 4.47. The topological polar surface area (TPSA) is 12.0 Å². The third-order valence-corrected chi connectivity index (χ3v) is 2.15. The van der Waals surface area contributed by atoms with Gasteiger partial charge >= 0.3 is 0 Å². The van der Waals surface area contributed by atoms with Crippen LogP contribution in [0.15, 0.2) is 41.6 Å². The predicted molar refractivity (Wildman–Crippen MR) is 67.7 cm³/mol. The Kier molecular flexibility index (Phi) is 6.30. The van der Waals surface area contributed by atoms with Gasteiger partial charge in [-0.25, -0.2) is 0 Å². The van der Waals surface area contributed by atoms with Crippen molar-refractivity contribution in [1.29, 1.82) is 0 Å². The van der Waals surface area contributed by atoms with Crippen molar-refractivity contribution in [2.75, 3.05) is 0 Å². The molecule has 2 heteroatoms. The summed E-state index contributed by atoms with van der Waals surface area (Å²) in [6, 6.07) is 10.4. The van der Waals surface area contributed by atoms with E-state index in [-0.39, 0.29) is 17.0 Å². The van der Waals surface area contributed by atoms with Gasteiger partial charge in [0, 0.05) is 12.2 Å². The lowest BCUT2D eigenvalue weighted by molar-refractivity contribution is 0.798. The van der Waals surface area contributed by atoms with E-state index in [0.29, 0.717) is 0 Å². The molecule has 1 rings (SSSR count). The number of benzene rings is 1. The molecule has 0 bridgehead atoms. The van der Waals surface area contributed by atoms with Gasteiger partial charge in [-0.05, 0) is 26.3 Å². The predicted octanol–water partition coefficient (Wildman–Crippen LogP) is 3.67. The van der Waals surface area contributed by atoms with Gasteiger partial charge in [0.1, 0.15) is 0 Å². The Bertz CT molecular complexity index is 286. The van der Waals surface area contributed by atoms with Crippen molar-refractivity contribution in [3.05, 3.63) is 47.2 Å². The van der Waals surface area contributed by atoms with Crippen molar-refractivity contribution in [2.45, 2.75) is 27.3 Å². The van der Waals surface area contributed by atoms with Gasteiger partial charge in [-0.3, -0.25) is 0 Å². The maximum atomic E-state index is 3.38. The van der Waals surface area contributed by atoms with Crippen LogP contribution in [0.25, 0.3) is 0 Å². The van der Waals surface area contributed by atoms with Crippen LogP contribution in [0.1, 0.15) is 26.3 Å². The summed E-state index contributed by atoms with van der Waals surface area (Å²) in [6.07, 6.45) is 0. The maximum Gasteiger partial charge on any atom is 0.0397 e. The fraction of sp³-hybridized carbons (Fsp3) is 0.333. The normalized spacial score (nSPS) is 8.79. The largest absolute Gasteiger partial charge is 0.385 e. The number of halogens is 1. The highest BCUT2D eigenvalue weighted by molar-refractivity contribution is 8.93. The van der Waals surface area contributed by atoms with Crippen LogP contribution in [-0.4, -0.2) is 0 Å². The van der Waals surface area contributed by atoms with Crippen molar-refractivity contribution in [3.8, 4) is 0 Å². The van der Waals surface area contributed by atoms with E-state index in [1.54, 1.807) is 0 Å².